The number of aromatic nitrogens is 1. The Balaban J connectivity index is 2.17. The number of carboxylic acids is 1. The molecule has 0 saturated heterocycles. The lowest BCUT2D eigenvalue weighted by molar-refractivity contribution is -0.138. The highest BCUT2D eigenvalue weighted by Crippen LogP contribution is 2.36. The second kappa shape index (κ2) is 4.85. The first-order valence-electron chi connectivity index (χ1n) is 6.27. The third-order valence-corrected chi connectivity index (χ3v) is 5.21. The van der Waals surface area contributed by atoms with Crippen molar-refractivity contribution in [1.29, 1.82) is 0 Å². The van der Waals surface area contributed by atoms with Crippen LogP contribution in [0.25, 0.3) is 0 Å². The van der Waals surface area contributed by atoms with Crippen molar-refractivity contribution in [3.8, 4) is 0 Å². The van der Waals surface area contributed by atoms with Crippen molar-refractivity contribution in [2.45, 2.75) is 17.4 Å². The molecule has 0 amide bonds. The average molecular weight is 304 g/mol. The molecule has 0 fully saturated rings. The Kier molecular flexibility index (Phi) is 3.13. The highest BCUT2D eigenvalue weighted by Gasteiger charge is 2.42. The largest absolute Gasteiger partial charge is 0.480 e. The molecular formula is C14H12N2O4S. The molecule has 0 aliphatic carbocycles. The molecule has 0 unspecified atom stereocenters. The normalized spacial score (nSPS) is 17.5. The quantitative estimate of drug-likeness (QED) is 0.923. The second-order valence-corrected chi connectivity index (χ2v) is 6.49. The van der Waals surface area contributed by atoms with Gasteiger partial charge < -0.3 is 5.11 Å². The van der Waals surface area contributed by atoms with Gasteiger partial charge in [0.05, 0.1) is 5.69 Å². The molecule has 1 aliphatic heterocycles. The van der Waals surface area contributed by atoms with Crippen LogP contribution in [0.5, 0.6) is 0 Å². The van der Waals surface area contributed by atoms with Gasteiger partial charge in [-0.3, -0.25) is 9.29 Å². The zero-order chi connectivity index (χ0) is 15.0. The van der Waals surface area contributed by atoms with E-state index in [0.717, 1.165) is 4.31 Å². The number of anilines is 1. The predicted molar refractivity (Wildman–Crippen MR) is 75.5 cm³/mol. The summed E-state index contributed by atoms with van der Waals surface area (Å²) < 4.78 is 26.4. The van der Waals surface area contributed by atoms with Crippen LogP contribution >= 0.6 is 0 Å². The van der Waals surface area contributed by atoms with Gasteiger partial charge >= 0.3 is 5.97 Å². The van der Waals surface area contributed by atoms with Gasteiger partial charge in [0.1, 0.15) is 10.9 Å². The minimum atomic E-state index is -3.96. The van der Waals surface area contributed by atoms with E-state index in [1.165, 1.54) is 24.5 Å². The van der Waals surface area contributed by atoms with Crippen molar-refractivity contribution in [2.24, 2.45) is 0 Å². The molecule has 1 N–H and O–H groups in total. The maximum atomic E-state index is 12.7. The fourth-order valence-corrected chi connectivity index (χ4v) is 4.06. The predicted octanol–water partition coefficient (Wildman–Crippen LogP) is 1.29. The SMILES string of the molecule is O=C(O)[C@@H]1Cc2ccccc2N1S(=O)(=O)c1cccnc1. The van der Waals surface area contributed by atoms with Crippen LogP contribution in [0.4, 0.5) is 5.69 Å². The molecular weight excluding hydrogens is 292 g/mol. The average Bonchev–Trinajstić information content (AvgIpc) is 2.88. The summed E-state index contributed by atoms with van der Waals surface area (Å²) >= 11 is 0. The molecule has 21 heavy (non-hydrogen) atoms. The molecule has 2 aromatic rings. The van der Waals surface area contributed by atoms with Crippen LogP contribution in [-0.4, -0.2) is 30.5 Å². The highest BCUT2D eigenvalue weighted by atomic mass is 32.2. The van der Waals surface area contributed by atoms with E-state index < -0.39 is 22.0 Å². The van der Waals surface area contributed by atoms with E-state index in [-0.39, 0.29) is 11.3 Å². The topological polar surface area (TPSA) is 87.6 Å². The smallest absolute Gasteiger partial charge is 0.327 e. The Hall–Kier alpha value is -2.41. The summed E-state index contributed by atoms with van der Waals surface area (Å²) in [5, 5.41) is 9.34. The fourth-order valence-electron chi connectivity index (χ4n) is 2.46. The number of carboxylic acid groups (broad SMARTS) is 1. The molecule has 0 radical (unpaired) electrons. The van der Waals surface area contributed by atoms with Gasteiger partial charge in [-0.1, -0.05) is 18.2 Å². The maximum absolute atomic E-state index is 12.7. The number of aliphatic carboxylic acids is 1. The number of sulfonamides is 1. The number of pyridine rings is 1. The standard InChI is InChI=1S/C14H12N2O4S/c17-14(18)13-8-10-4-1-2-6-12(10)16(13)21(19,20)11-5-3-7-15-9-11/h1-7,9,13H,8H2,(H,17,18)/t13-/m0/s1. The van der Waals surface area contributed by atoms with Crippen molar-refractivity contribution in [1.82, 2.24) is 4.98 Å². The molecule has 1 aromatic carbocycles. The van der Waals surface area contributed by atoms with Crippen molar-refractivity contribution < 1.29 is 18.3 Å². The molecule has 7 heteroatoms. The molecule has 1 atom stereocenters. The summed E-state index contributed by atoms with van der Waals surface area (Å²) in [6.07, 6.45) is 2.84. The van der Waals surface area contributed by atoms with E-state index in [2.05, 4.69) is 4.98 Å². The van der Waals surface area contributed by atoms with Gasteiger partial charge in [0.2, 0.25) is 0 Å². The van der Waals surface area contributed by atoms with E-state index in [4.69, 9.17) is 0 Å². The number of nitrogens with zero attached hydrogens (tertiary/aromatic N) is 2. The van der Waals surface area contributed by atoms with Gasteiger partial charge in [-0.15, -0.1) is 0 Å². The molecule has 108 valence electrons. The lowest BCUT2D eigenvalue weighted by atomic mass is 10.1. The van der Waals surface area contributed by atoms with E-state index in [1.807, 2.05) is 0 Å². The van der Waals surface area contributed by atoms with E-state index in [0.29, 0.717) is 11.3 Å². The summed E-state index contributed by atoms with van der Waals surface area (Å²) in [6, 6.07) is 8.59. The van der Waals surface area contributed by atoms with Crippen molar-refractivity contribution >= 4 is 21.7 Å². The highest BCUT2D eigenvalue weighted by molar-refractivity contribution is 7.93. The molecule has 0 spiro atoms. The molecule has 1 aliphatic rings. The summed E-state index contributed by atoms with van der Waals surface area (Å²) in [7, 11) is -3.96. The molecule has 6 nitrogen and oxygen atoms in total. The van der Waals surface area contributed by atoms with Crippen molar-refractivity contribution in [3.63, 3.8) is 0 Å². The maximum Gasteiger partial charge on any atom is 0.327 e. The molecule has 3 rings (SSSR count). The van der Waals surface area contributed by atoms with Gasteiger partial charge in [-0.05, 0) is 23.8 Å². The van der Waals surface area contributed by atoms with E-state index >= 15 is 0 Å². The van der Waals surface area contributed by atoms with Crippen LogP contribution in [0, 0.1) is 0 Å². The Morgan fingerprint density at radius 1 is 1.24 bits per heavy atom. The monoisotopic (exact) mass is 304 g/mol. The Morgan fingerprint density at radius 2 is 2.00 bits per heavy atom. The first-order chi connectivity index (χ1) is 10.0. The van der Waals surface area contributed by atoms with E-state index in [1.54, 1.807) is 24.3 Å². The minimum Gasteiger partial charge on any atom is -0.480 e. The molecule has 0 saturated carbocycles. The first-order valence-corrected chi connectivity index (χ1v) is 7.71. The summed E-state index contributed by atoms with van der Waals surface area (Å²) in [5.74, 6) is -1.17. The van der Waals surface area contributed by atoms with Crippen molar-refractivity contribution in [3.05, 3.63) is 54.4 Å². The van der Waals surface area contributed by atoms with Crippen LogP contribution in [0.15, 0.2) is 53.7 Å². The number of hydrogen-bond acceptors (Lipinski definition) is 4. The van der Waals surface area contributed by atoms with Gasteiger partial charge in [0.25, 0.3) is 10.0 Å². The fraction of sp³-hybridized carbons (Fsp3) is 0.143. The number of rotatable bonds is 3. The molecule has 1 aromatic heterocycles. The third-order valence-electron chi connectivity index (χ3n) is 3.40. The first kappa shape index (κ1) is 13.6. The summed E-state index contributed by atoms with van der Waals surface area (Å²) in [6.45, 7) is 0. The van der Waals surface area contributed by atoms with Crippen LogP contribution in [0.3, 0.4) is 0 Å². The van der Waals surface area contributed by atoms with Gasteiger partial charge in [-0.25, -0.2) is 13.2 Å². The zero-order valence-corrected chi connectivity index (χ0v) is 11.7. The summed E-state index contributed by atoms with van der Waals surface area (Å²) in [4.78, 5) is 15.2. The minimum absolute atomic E-state index is 0.0204. The van der Waals surface area contributed by atoms with Gasteiger partial charge in [0.15, 0.2) is 0 Å². The number of benzene rings is 1. The second-order valence-electron chi connectivity index (χ2n) is 4.68. The zero-order valence-electron chi connectivity index (χ0n) is 10.9. The number of fused-ring (bicyclic) bond motifs is 1. The van der Waals surface area contributed by atoms with Gasteiger partial charge in [-0.2, -0.15) is 0 Å². The number of hydrogen-bond donors (Lipinski definition) is 1. The molecule has 0 bridgehead atoms. The number of para-hydroxylation sites is 1. The summed E-state index contributed by atoms with van der Waals surface area (Å²) in [5.41, 5.74) is 1.12. The van der Waals surface area contributed by atoms with Crippen LogP contribution in [0.2, 0.25) is 0 Å². The van der Waals surface area contributed by atoms with Crippen molar-refractivity contribution in [2.75, 3.05) is 4.31 Å². The Morgan fingerprint density at radius 3 is 2.67 bits per heavy atom. The molecule has 2 heterocycles. The third kappa shape index (κ3) is 2.15. The van der Waals surface area contributed by atoms with E-state index in [9.17, 15) is 18.3 Å². The van der Waals surface area contributed by atoms with Crippen LogP contribution in [0.1, 0.15) is 5.56 Å². The van der Waals surface area contributed by atoms with Crippen LogP contribution in [-0.2, 0) is 21.2 Å². The Labute approximate surface area is 121 Å². The lowest BCUT2D eigenvalue weighted by Gasteiger charge is -2.24. The van der Waals surface area contributed by atoms with Gasteiger partial charge in [0, 0.05) is 18.8 Å². The van der Waals surface area contributed by atoms with Crippen LogP contribution < -0.4 is 4.31 Å². The number of carbonyl (C=O) groups is 1. The lowest BCUT2D eigenvalue weighted by Crippen LogP contribution is -2.42. The Bertz CT molecular complexity index is 790.